The van der Waals surface area contributed by atoms with Gasteiger partial charge in [0.15, 0.2) is 0 Å². The Morgan fingerprint density at radius 1 is 1.50 bits per heavy atom. The Labute approximate surface area is 123 Å². The molecule has 1 saturated carbocycles. The summed E-state index contributed by atoms with van der Waals surface area (Å²) in [5, 5.41) is 4.68. The zero-order valence-corrected chi connectivity index (χ0v) is 12.5. The first-order valence-electron chi connectivity index (χ1n) is 7.22. The molecule has 2 heterocycles. The fraction of sp³-hybridized carbons (Fsp3) is 0.714. The lowest BCUT2D eigenvalue weighted by molar-refractivity contribution is -0.152. The zero-order chi connectivity index (χ0) is 14.2. The molecule has 20 heavy (non-hydrogen) atoms. The molecule has 1 atom stereocenters. The lowest BCUT2D eigenvalue weighted by atomic mass is 9.99. The number of hydrogen-bond acceptors (Lipinski definition) is 3. The van der Waals surface area contributed by atoms with Crippen LogP contribution in [0.4, 0.5) is 0 Å². The monoisotopic (exact) mass is 297 g/mol. The molecule has 6 heteroatoms. The summed E-state index contributed by atoms with van der Waals surface area (Å²) in [6, 6.07) is -0.320. The Kier molecular flexibility index (Phi) is 3.73. The molecular formula is C14H20ClN3O2. The van der Waals surface area contributed by atoms with Crippen molar-refractivity contribution in [1.82, 2.24) is 14.7 Å². The normalized spacial score (nSPS) is 23.2. The Morgan fingerprint density at radius 2 is 2.25 bits per heavy atom. The summed E-state index contributed by atoms with van der Waals surface area (Å²) >= 11 is 5.87. The first kappa shape index (κ1) is 13.9. The quantitative estimate of drug-likeness (QED) is 0.841. The van der Waals surface area contributed by atoms with Crippen LogP contribution in [-0.2, 0) is 9.53 Å². The van der Waals surface area contributed by atoms with Crippen molar-refractivity contribution < 1.29 is 9.53 Å². The molecule has 0 N–H and O–H groups in total. The Hall–Kier alpha value is -1.07. The zero-order valence-electron chi connectivity index (χ0n) is 11.7. The first-order valence-corrected chi connectivity index (χ1v) is 7.60. The van der Waals surface area contributed by atoms with E-state index in [2.05, 4.69) is 5.10 Å². The number of rotatable bonds is 2. The average molecular weight is 298 g/mol. The fourth-order valence-corrected chi connectivity index (χ4v) is 3.40. The second kappa shape index (κ2) is 5.37. The van der Waals surface area contributed by atoms with Gasteiger partial charge in [0.1, 0.15) is 6.04 Å². The minimum absolute atomic E-state index is 0.0879. The molecule has 0 unspecified atom stereocenters. The number of carbonyl (C=O) groups excluding carboxylic acids is 1. The van der Waals surface area contributed by atoms with Crippen LogP contribution in [0.2, 0.25) is 5.02 Å². The summed E-state index contributed by atoms with van der Waals surface area (Å²) in [6.07, 6.45) is 7.79. The van der Waals surface area contributed by atoms with Gasteiger partial charge in [0.25, 0.3) is 0 Å². The highest BCUT2D eigenvalue weighted by Gasteiger charge is 2.41. The smallest absolute Gasteiger partial charge is 0.247 e. The van der Waals surface area contributed by atoms with E-state index < -0.39 is 0 Å². The van der Waals surface area contributed by atoms with E-state index in [0.717, 1.165) is 12.8 Å². The van der Waals surface area contributed by atoms with E-state index >= 15 is 0 Å². The number of halogens is 1. The highest BCUT2D eigenvalue weighted by Crippen LogP contribution is 2.36. The molecule has 1 aliphatic heterocycles. The Balaban J connectivity index is 1.70. The number of amides is 1. The maximum atomic E-state index is 12.6. The summed E-state index contributed by atoms with van der Waals surface area (Å²) < 4.78 is 7.59. The lowest BCUT2D eigenvalue weighted by Crippen LogP contribution is -2.53. The van der Waals surface area contributed by atoms with E-state index in [1.807, 2.05) is 11.8 Å². The second-order valence-electron chi connectivity index (χ2n) is 5.81. The van der Waals surface area contributed by atoms with Gasteiger partial charge in [0, 0.05) is 19.3 Å². The van der Waals surface area contributed by atoms with Gasteiger partial charge >= 0.3 is 0 Å². The third kappa shape index (κ3) is 2.56. The highest BCUT2D eigenvalue weighted by atomic mass is 35.5. The van der Waals surface area contributed by atoms with Gasteiger partial charge in [-0.05, 0) is 19.8 Å². The van der Waals surface area contributed by atoms with Crippen LogP contribution >= 0.6 is 11.6 Å². The molecule has 2 aliphatic rings. The molecule has 1 spiro atoms. The number of ether oxygens (including phenoxy) is 1. The van der Waals surface area contributed by atoms with Crippen molar-refractivity contribution in [3.8, 4) is 0 Å². The van der Waals surface area contributed by atoms with Crippen LogP contribution in [0.3, 0.4) is 0 Å². The lowest BCUT2D eigenvalue weighted by Gasteiger charge is -2.41. The average Bonchev–Trinajstić information content (AvgIpc) is 3.07. The van der Waals surface area contributed by atoms with Crippen LogP contribution in [0.1, 0.15) is 38.6 Å². The number of carbonyl (C=O) groups is 1. The topological polar surface area (TPSA) is 47.4 Å². The van der Waals surface area contributed by atoms with Crippen LogP contribution < -0.4 is 0 Å². The molecule has 1 aliphatic carbocycles. The van der Waals surface area contributed by atoms with Crippen molar-refractivity contribution in [3.63, 3.8) is 0 Å². The highest BCUT2D eigenvalue weighted by molar-refractivity contribution is 6.30. The molecule has 2 fully saturated rings. The largest absolute Gasteiger partial charge is 0.371 e. The molecule has 1 amide bonds. The van der Waals surface area contributed by atoms with Gasteiger partial charge in [-0.1, -0.05) is 24.4 Å². The van der Waals surface area contributed by atoms with E-state index in [0.29, 0.717) is 24.7 Å². The van der Waals surface area contributed by atoms with Crippen LogP contribution in [-0.4, -0.2) is 45.9 Å². The number of nitrogens with zero attached hydrogens (tertiary/aromatic N) is 3. The molecule has 0 bridgehead atoms. The third-order valence-corrected chi connectivity index (χ3v) is 4.59. The molecule has 1 saturated heterocycles. The molecule has 1 aromatic rings. The van der Waals surface area contributed by atoms with Crippen LogP contribution in [0.15, 0.2) is 12.4 Å². The van der Waals surface area contributed by atoms with Gasteiger partial charge in [-0.3, -0.25) is 9.48 Å². The maximum absolute atomic E-state index is 12.6. The predicted octanol–water partition coefficient (Wildman–Crippen LogP) is 2.27. The van der Waals surface area contributed by atoms with Crippen molar-refractivity contribution >= 4 is 17.5 Å². The van der Waals surface area contributed by atoms with E-state index in [9.17, 15) is 4.79 Å². The predicted molar refractivity (Wildman–Crippen MR) is 75.7 cm³/mol. The second-order valence-corrected chi connectivity index (χ2v) is 6.25. The molecule has 5 nitrogen and oxygen atoms in total. The minimum Gasteiger partial charge on any atom is -0.371 e. The third-order valence-electron chi connectivity index (χ3n) is 4.40. The minimum atomic E-state index is -0.320. The summed E-state index contributed by atoms with van der Waals surface area (Å²) in [5.74, 6) is 0.0966. The van der Waals surface area contributed by atoms with Crippen LogP contribution in [0.5, 0.6) is 0 Å². The van der Waals surface area contributed by atoms with Crippen molar-refractivity contribution in [2.75, 3.05) is 19.7 Å². The SMILES string of the molecule is C[C@@H](C(=O)N1CCOC2(CCCC2)C1)n1cc(Cl)cn1. The van der Waals surface area contributed by atoms with Gasteiger partial charge in [0.2, 0.25) is 5.91 Å². The fourth-order valence-electron chi connectivity index (χ4n) is 3.26. The van der Waals surface area contributed by atoms with Gasteiger partial charge in [0.05, 0.1) is 23.4 Å². The molecule has 0 aromatic carbocycles. The van der Waals surface area contributed by atoms with Gasteiger partial charge in [-0.2, -0.15) is 5.10 Å². The van der Waals surface area contributed by atoms with Gasteiger partial charge < -0.3 is 9.64 Å². The van der Waals surface area contributed by atoms with Crippen molar-refractivity contribution in [3.05, 3.63) is 17.4 Å². The van der Waals surface area contributed by atoms with Crippen molar-refractivity contribution in [2.45, 2.75) is 44.2 Å². The Bertz CT molecular complexity index is 496. The van der Waals surface area contributed by atoms with Crippen LogP contribution in [0.25, 0.3) is 0 Å². The standard InChI is InChI=1S/C14H20ClN3O2/c1-11(18-9-12(15)8-16-18)13(19)17-6-7-20-14(10-17)4-2-3-5-14/h8-9,11H,2-7,10H2,1H3/t11-/m0/s1. The van der Waals surface area contributed by atoms with Crippen molar-refractivity contribution in [2.24, 2.45) is 0 Å². The summed E-state index contributed by atoms with van der Waals surface area (Å²) in [7, 11) is 0. The van der Waals surface area contributed by atoms with Crippen LogP contribution in [0, 0.1) is 0 Å². The first-order chi connectivity index (χ1) is 9.60. The van der Waals surface area contributed by atoms with E-state index in [1.165, 1.54) is 12.8 Å². The van der Waals surface area contributed by atoms with Gasteiger partial charge in [-0.25, -0.2) is 0 Å². The summed E-state index contributed by atoms with van der Waals surface area (Å²) in [6.45, 7) is 3.88. The number of aromatic nitrogens is 2. The number of morpholine rings is 1. The molecular weight excluding hydrogens is 278 g/mol. The molecule has 110 valence electrons. The summed E-state index contributed by atoms with van der Waals surface area (Å²) in [5.41, 5.74) is -0.0879. The maximum Gasteiger partial charge on any atom is 0.247 e. The van der Waals surface area contributed by atoms with Crippen molar-refractivity contribution in [1.29, 1.82) is 0 Å². The van der Waals surface area contributed by atoms with E-state index in [1.54, 1.807) is 17.1 Å². The molecule has 0 radical (unpaired) electrons. The Morgan fingerprint density at radius 3 is 2.90 bits per heavy atom. The molecule has 1 aromatic heterocycles. The van der Waals surface area contributed by atoms with E-state index in [4.69, 9.17) is 16.3 Å². The van der Waals surface area contributed by atoms with Gasteiger partial charge in [-0.15, -0.1) is 0 Å². The van der Waals surface area contributed by atoms with E-state index in [-0.39, 0.29) is 17.6 Å². The number of hydrogen-bond donors (Lipinski definition) is 0. The molecule has 3 rings (SSSR count). The summed E-state index contributed by atoms with van der Waals surface area (Å²) in [4.78, 5) is 14.5.